The van der Waals surface area contributed by atoms with E-state index >= 15 is 0 Å². The molecule has 0 aliphatic carbocycles. The van der Waals surface area contributed by atoms with Crippen molar-refractivity contribution in [2.75, 3.05) is 0 Å². The van der Waals surface area contributed by atoms with E-state index in [0.717, 1.165) is 0 Å². The Labute approximate surface area is 97.0 Å². The second-order valence-electron chi connectivity index (χ2n) is 3.67. The number of ketones is 1. The van der Waals surface area contributed by atoms with Gasteiger partial charge in [0, 0.05) is 24.1 Å². The number of carbonyl (C=O) groups excluding carboxylic acids is 1. The first kappa shape index (κ1) is 12.8. The summed E-state index contributed by atoms with van der Waals surface area (Å²) in [5.74, 6) is -2.15. The zero-order valence-corrected chi connectivity index (χ0v) is 9.12. The Morgan fingerprint density at radius 2 is 1.88 bits per heavy atom. The van der Waals surface area contributed by atoms with E-state index in [1.807, 2.05) is 0 Å². The van der Waals surface area contributed by atoms with Crippen LogP contribution in [0.4, 0.5) is 5.69 Å². The Kier molecular flexibility index (Phi) is 3.92. The number of rotatable bonds is 5. The molecule has 0 saturated carbocycles. The molecule has 17 heavy (non-hydrogen) atoms. The second-order valence-corrected chi connectivity index (χ2v) is 3.67. The normalized spacial score (nSPS) is 11.8. The van der Waals surface area contributed by atoms with Crippen molar-refractivity contribution in [1.82, 2.24) is 0 Å². The van der Waals surface area contributed by atoms with Gasteiger partial charge in [-0.05, 0) is 12.1 Å². The van der Waals surface area contributed by atoms with Crippen LogP contribution in [0.25, 0.3) is 0 Å². The lowest BCUT2D eigenvalue weighted by atomic mass is 10.00. The number of carboxylic acid groups (broad SMARTS) is 1. The summed E-state index contributed by atoms with van der Waals surface area (Å²) in [6.45, 7) is 1.44. The molecule has 0 heterocycles. The molecule has 1 atom stereocenters. The van der Waals surface area contributed by atoms with Crippen molar-refractivity contribution in [3.05, 3.63) is 39.9 Å². The highest BCUT2D eigenvalue weighted by molar-refractivity contribution is 5.98. The first-order chi connectivity index (χ1) is 7.91. The summed E-state index contributed by atoms with van der Waals surface area (Å²) in [5, 5.41) is 19.0. The van der Waals surface area contributed by atoms with Crippen LogP contribution in [0.15, 0.2) is 24.3 Å². The van der Waals surface area contributed by atoms with Crippen molar-refractivity contribution in [3.63, 3.8) is 0 Å². The van der Waals surface area contributed by atoms with Crippen LogP contribution in [-0.4, -0.2) is 21.8 Å². The number of nitrogens with zero attached hydrogens (tertiary/aromatic N) is 1. The fourth-order valence-electron chi connectivity index (χ4n) is 1.25. The zero-order valence-electron chi connectivity index (χ0n) is 9.12. The Balaban J connectivity index is 2.77. The molecule has 0 fully saturated rings. The molecule has 6 heteroatoms. The minimum Gasteiger partial charge on any atom is -0.481 e. The average Bonchev–Trinajstić information content (AvgIpc) is 2.28. The summed E-state index contributed by atoms with van der Waals surface area (Å²) in [6.07, 6.45) is -0.118. The monoisotopic (exact) mass is 237 g/mol. The summed E-state index contributed by atoms with van der Waals surface area (Å²) in [7, 11) is 0. The van der Waals surface area contributed by atoms with Gasteiger partial charge in [-0.1, -0.05) is 6.92 Å². The number of carbonyl (C=O) groups is 2. The number of aliphatic carboxylic acids is 1. The fourth-order valence-corrected chi connectivity index (χ4v) is 1.25. The number of hydrogen-bond acceptors (Lipinski definition) is 4. The SMILES string of the molecule is CC(CC(=O)c1ccc([N+](=O)[O-])cc1)C(=O)O. The van der Waals surface area contributed by atoms with Crippen LogP contribution >= 0.6 is 0 Å². The minimum absolute atomic E-state index is 0.104. The first-order valence-electron chi connectivity index (χ1n) is 4.92. The Morgan fingerprint density at radius 1 is 1.35 bits per heavy atom. The van der Waals surface area contributed by atoms with E-state index in [-0.39, 0.29) is 23.5 Å². The molecule has 0 radical (unpaired) electrons. The lowest BCUT2D eigenvalue weighted by molar-refractivity contribution is -0.384. The highest BCUT2D eigenvalue weighted by Crippen LogP contribution is 2.15. The minimum atomic E-state index is -1.04. The molecule has 0 spiro atoms. The second kappa shape index (κ2) is 5.20. The zero-order chi connectivity index (χ0) is 13.0. The lowest BCUT2D eigenvalue weighted by Gasteiger charge is -2.04. The smallest absolute Gasteiger partial charge is 0.306 e. The molecule has 1 unspecified atom stereocenters. The summed E-state index contributed by atoms with van der Waals surface area (Å²) < 4.78 is 0. The number of carboxylic acids is 1. The van der Waals surface area contributed by atoms with Gasteiger partial charge in [-0.2, -0.15) is 0 Å². The highest BCUT2D eigenvalue weighted by Gasteiger charge is 2.17. The summed E-state index contributed by atoms with van der Waals surface area (Å²) in [4.78, 5) is 32.0. The van der Waals surface area contributed by atoms with Crippen LogP contribution in [0.3, 0.4) is 0 Å². The molecule has 0 bridgehead atoms. The summed E-state index contributed by atoms with van der Waals surface area (Å²) in [5.41, 5.74) is 0.177. The highest BCUT2D eigenvalue weighted by atomic mass is 16.6. The van der Waals surface area contributed by atoms with Gasteiger partial charge in [0.05, 0.1) is 10.8 Å². The Hall–Kier alpha value is -2.24. The molecule has 6 nitrogen and oxygen atoms in total. The number of non-ortho nitro benzene ring substituents is 1. The predicted molar refractivity (Wildman–Crippen MR) is 58.8 cm³/mol. The molecule has 0 saturated heterocycles. The van der Waals surface area contributed by atoms with E-state index in [9.17, 15) is 19.7 Å². The van der Waals surface area contributed by atoms with Gasteiger partial charge >= 0.3 is 5.97 Å². The number of hydrogen-bond donors (Lipinski definition) is 1. The average molecular weight is 237 g/mol. The molecule has 90 valence electrons. The predicted octanol–water partition coefficient (Wildman–Crippen LogP) is 1.89. The maximum atomic E-state index is 11.6. The third-order valence-corrected chi connectivity index (χ3v) is 2.31. The molecule has 0 amide bonds. The van der Waals surface area contributed by atoms with E-state index in [1.54, 1.807) is 0 Å². The van der Waals surface area contributed by atoms with E-state index in [2.05, 4.69) is 0 Å². The van der Waals surface area contributed by atoms with Crippen molar-refractivity contribution >= 4 is 17.4 Å². The largest absolute Gasteiger partial charge is 0.481 e. The van der Waals surface area contributed by atoms with Crippen molar-refractivity contribution in [2.24, 2.45) is 5.92 Å². The number of nitro benzene ring substituents is 1. The summed E-state index contributed by atoms with van der Waals surface area (Å²) in [6, 6.07) is 5.10. The van der Waals surface area contributed by atoms with Crippen molar-refractivity contribution in [3.8, 4) is 0 Å². The van der Waals surface area contributed by atoms with E-state index < -0.39 is 16.8 Å². The molecular formula is C11H11NO5. The third-order valence-electron chi connectivity index (χ3n) is 2.31. The van der Waals surface area contributed by atoms with E-state index in [1.165, 1.54) is 31.2 Å². The maximum Gasteiger partial charge on any atom is 0.306 e. The molecule has 1 N–H and O–H groups in total. The van der Waals surface area contributed by atoms with Gasteiger partial charge in [0.15, 0.2) is 5.78 Å². The molecular weight excluding hydrogens is 226 g/mol. The van der Waals surface area contributed by atoms with Crippen molar-refractivity contribution in [1.29, 1.82) is 0 Å². The first-order valence-corrected chi connectivity index (χ1v) is 4.92. The van der Waals surface area contributed by atoms with Gasteiger partial charge in [0.1, 0.15) is 0 Å². The summed E-state index contributed by atoms with van der Waals surface area (Å²) >= 11 is 0. The quantitative estimate of drug-likeness (QED) is 0.479. The van der Waals surface area contributed by atoms with Gasteiger partial charge in [-0.3, -0.25) is 19.7 Å². The van der Waals surface area contributed by atoms with Crippen LogP contribution in [-0.2, 0) is 4.79 Å². The molecule has 1 aromatic carbocycles. The van der Waals surface area contributed by atoms with Crippen LogP contribution in [0.1, 0.15) is 23.7 Å². The van der Waals surface area contributed by atoms with Crippen LogP contribution < -0.4 is 0 Å². The van der Waals surface area contributed by atoms with Crippen molar-refractivity contribution in [2.45, 2.75) is 13.3 Å². The Bertz CT molecular complexity index is 451. The van der Waals surface area contributed by atoms with Gasteiger partial charge in [0.25, 0.3) is 5.69 Å². The standard InChI is InChI=1S/C11H11NO5/c1-7(11(14)15)6-10(13)8-2-4-9(5-3-8)12(16)17/h2-5,7H,6H2,1H3,(H,14,15). The molecule has 1 rings (SSSR count). The van der Waals surface area contributed by atoms with E-state index in [0.29, 0.717) is 0 Å². The van der Waals surface area contributed by atoms with E-state index in [4.69, 9.17) is 5.11 Å². The molecule has 1 aromatic rings. The number of Topliss-reactive ketones (excluding diaryl/α,β-unsaturated/α-hetero) is 1. The fraction of sp³-hybridized carbons (Fsp3) is 0.273. The lowest BCUT2D eigenvalue weighted by Crippen LogP contribution is -2.14. The molecule has 0 aromatic heterocycles. The van der Waals surface area contributed by atoms with Gasteiger partial charge in [-0.15, -0.1) is 0 Å². The topological polar surface area (TPSA) is 97.5 Å². The number of nitro groups is 1. The van der Waals surface area contributed by atoms with Crippen LogP contribution in [0.5, 0.6) is 0 Å². The van der Waals surface area contributed by atoms with Gasteiger partial charge < -0.3 is 5.11 Å². The maximum absolute atomic E-state index is 11.6. The third kappa shape index (κ3) is 3.37. The van der Waals surface area contributed by atoms with Crippen molar-refractivity contribution < 1.29 is 19.6 Å². The van der Waals surface area contributed by atoms with Gasteiger partial charge in [0.2, 0.25) is 0 Å². The van der Waals surface area contributed by atoms with Crippen LogP contribution in [0.2, 0.25) is 0 Å². The van der Waals surface area contributed by atoms with Crippen LogP contribution in [0, 0.1) is 16.0 Å². The Morgan fingerprint density at radius 3 is 2.29 bits per heavy atom. The molecule has 0 aliphatic heterocycles. The van der Waals surface area contributed by atoms with Gasteiger partial charge in [-0.25, -0.2) is 0 Å². The molecule has 0 aliphatic rings. The number of benzene rings is 1.